The average molecular weight is 381 g/mol. The molecule has 3 rings (SSSR count). The summed E-state index contributed by atoms with van der Waals surface area (Å²) in [5, 5.41) is 17.5. The van der Waals surface area contributed by atoms with Crippen LogP contribution >= 0.6 is 0 Å². The maximum atomic E-state index is 11.8. The van der Waals surface area contributed by atoms with Gasteiger partial charge in [0.2, 0.25) is 5.95 Å². The minimum Gasteiger partial charge on any atom is -0.365 e. The van der Waals surface area contributed by atoms with Crippen molar-refractivity contribution in [1.82, 2.24) is 9.97 Å². The van der Waals surface area contributed by atoms with Crippen LogP contribution in [0.25, 0.3) is 0 Å². The molecule has 0 saturated heterocycles. The van der Waals surface area contributed by atoms with Gasteiger partial charge in [0.05, 0.1) is 0 Å². The molecule has 1 aromatic heterocycles. The Morgan fingerprint density at radius 3 is 2.89 bits per heavy atom. The van der Waals surface area contributed by atoms with Crippen LogP contribution in [0.15, 0.2) is 35.6 Å². The van der Waals surface area contributed by atoms with Crippen molar-refractivity contribution in [3.8, 4) is 0 Å². The Kier molecular flexibility index (Phi) is 6.64. The molecule has 1 fully saturated rings. The molecule has 1 saturated carbocycles. The summed E-state index contributed by atoms with van der Waals surface area (Å²) in [4.78, 5) is 20.5. The zero-order chi connectivity index (χ0) is 19.8. The highest BCUT2D eigenvalue weighted by molar-refractivity contribution is 6.14. The molecular weight excluding hydrogens is 356 g/mol. The van der Waals surface area contributed by atoms with E-state index < -0.39 is 5.91 Å². The maximum absolute atomic E-state index is 11.8. The number of benzene rings is 1. The largest absolute Gasteiger partial charge is 0.365 e. The molecule has 1 aliphatic rings. The number of nitrogens with one attached hydrogen (secondary N) is 3. The van der Waals surface area contributed by atoms with Crippen LogP contribution in [-0.2, 0) is 0 Å². The average Bonchev–Trinajstić information content (AvgIpc) is 2.69. The number of hydrogen-bond acceptors (Lipinski definition) is 7. The number of primary amides is 1. The van der Waals surface area contributed by atoms with Crippen molar-refractivity contribution in [1.29, 1.82) is 5.41 Å². The Morgan fingerprint density at radius 2 is 2.14 bits per heavy atom. The second-order valence-corrected chi connectivity index (χ2v) is 6.64. The van der Waals surface area contributed by atoms with Crippen LogP contribution in [0.3, 0.4) is 0 Å². The number of aromatic nitrogens is 2. The third kappa shape index (κ3) is 5.34. The number of quaternary nitrogens is 1. The quantitative estimate of drug-likeness (QED) is 0.205. The maximum Gasteiger partial charge on any atom is 0.254 e. The fourth-order valence-electron chi connectivity index (χ4n) is 3.16. The molecule has 146 valence electrons. The van der Waals surface area contributed by atoms with Crippen molar-refractivity contribution in [3.63, 3.8) is 0 Å². The van der Waals surface area contributed by atoms with Crippen molar-refractivity contribution in [3.05, 3.63) is 36.0 Å². The highest BCUT2D eigenvalue weighted by Crippen LogP contribution is 2.23. The molecule has 0 unspecified atom stereocenters. The van der Waals surface area contributed by atoms with Gasteiger partial charge in [-0.15, -0.1) is 0 Å². The van der Waals surface area contributed by atoms with Crippen LogP contribution in [0, 0.1) is 5.41 Å². The molecule has 1 aromatic carbocycles. The van der Waals surface area contributed by atoms with E-state index in [0.717, 1.165) is 30.4 Å². The van der Waals surface area contributed by atoms with Gasteiger partial charge in [-0.3, -0.25) is 4.79 Å². The van der Waals surface area contributed by atoms with Crippen LogP contribution in [0.1, 0.15) is 42.5 Å². The molecule has 0 bridgehead atoms. The van der Waals surface area contributed by atoms with Gasteiger partial charge in [0, 0.05) is 36.3 Å². The smallest absolute Gasteiger partial charge is 0.254 e. The summed E-state index contributed by atoms with van der Waals surface area (Å²) in [5.74, 6) is 0.253. The predicted molar refractivity (Wildman–Crippen MR) is 110 cm³/mol. The van der Waals surface area contributed by atoms with Crippen LogP contribution in [0.5, 0.6) is 0 Å². The first-order valence-electron chi connectivity index (χ1n) is 9.31. The summed E-state index contributed by atoms with van der Waals surface area (Å²) in [7, 11) is 0. The van der Waals surface area contributed by atoms with Crippen LogP contribution in [0.4, 0.5) is 23.1 Å². The molecule has 0 spiro atoms. The SMILES string of the molecule is N=CC=N[NH2+]c1cccc(Nc2nc(NC3CCCCC3)ncc2C(N)=O)c1. The summed E-state index contributed by atoms with van der Waals surface area (Å²) in [6.45, 7) is 0. The van der Waals surface area contributed by atoms with E-state index in [2.05, 4.69) is 25.7 Å². The molecule has 9 heteroatoms. The predicted octanol–water partition coefficient (Wildman–Crippen LogP) is 1.89. The number of nitrogens with zero attached hydrogens (tertiary/aromatic N) is 3. The number of hydrogen-bond donors (Lipinski definition) is 5. The Hall–Kier alpha value is -3.33. The highest BCUT2D eigenvalue weighted by atomic mass is 16.1. The van der Waals surface area contributed by atoms with Crippen LogP contribution in [0.2, 0.25) is 0 Å². The number of nitrogens with two attached hydrogens (primary N) is 2. The van der Waals surface area contributed by atoms with Gasteiger partial charge in [-0.2, -0.15) is 10.4 Å². The first-order valence-corrected chi connectivity index (χ1v) is 9.31. The van der Waals surface area contributed by atoms with Crippen molar-refractivity contribution in [2.75, 3.05) is 10.6 Å². The monoisotopic (exact) mass is 381 g/mol. The van der Waals surface area contributed by atoms with E-state index in [0.29, 0.717) is 17.8 Å². The first kappa shape index (κ1) is 19.4. The molecule has 2 aromatic rings. The Labute approximate surface area is 163 Å². The van der Waals surface area contributed by atoms with Crippen molar-refractivity contribution < 1.29 is 10.2 Å². The number of rotatable bonds is 8. The van der Waals surface area contributed by atoms with Gasteiger partial charge in [0.25, 0.3) is 5.91 Å². The number of carbonyl (C=O) groups is 1. The molecule has 9 nitrogen and oxygen atoms in total. The van der Waals surface area contributed by atoms with Gasteiger partial charge in [0.1, 0.15) is 17.6 Å². The Bertz CT molecular complexity index is 861. The van der Waals surface area contributed by atoms with Gasteiger partial charge in [-0.25, -0.2) is 4.98 Å². The van der Waals surface area contributed by atoms with Crippen LogP contribution < -0.4 is 21.8 Å². The molecule has 1 heterocycles. The molecule has 0 aliphatic heterocycles. The number of anilines is 3. The summed E-state index contributed by atoms with van der Waals surface area (Å²) < 4.78 is 0. The standard InChI is InChI=1S/C19H24N8O/c20-9-10-23-27-15-8-4-7-14(11-15)24-18-16(17(21)28)12-22-19(26-18)25-13-5-2-1-3-6-13/h4,7-13,20,27H,1-3,5-6H2,(H2,21,28)(H2,22,24,25,26)/p+1. The summed E-state index contributed by atoms with van der Waals surface area (Å²) in [6, 6.07) is 7.82. The second-order valence-electron chi connectivity index (χ2n) is 6.64. The van der Waals surface area contributed by atoms with E-state index in [1.54, 1.807) is 5.43 Å². The molecule has 1 amide bonds. The van der Waals surface area contributed by atoms with E-state index >= 15 is 0 Å². The Morgan fingerprint density at radius 1 is 1.32 bits per heavy atom. The first-order chi connectivity index (χ1) is 13.7. The normalized spacial score (nSPS) is 14.7. The summed E-state index contributed by atoms with van der Waals surface area (Å²) in [6.07, 6.45) is 9.81. The summed E-state index contributed by atoms with van der Waals surface area (Å²) in [5.41, 5.74) is 8.94. The number of carbonyl (C=O) groups excluding carboxylic acids is 1. The zero-order valence-electron chi connectivity index (χ0n) is 15.6. The molecular formula is C19H25N8O+. The molecule has 7 N–H and O–H groups in total. The number of amides is 1. The minimum absolute atomic E-state index is 0.227. The highest BCUT2D eigenvalue weighted by Gasteiger charge is 2.17. The van der Waals surface area contributed by atoms with E-state index in [1.807, 2.05) is 24.3 Å². The van der Waals surface area contributed by atoms with Gasteiger partial charge in [0.15, 0.2) is 5.69 Å². The molecule has 0 radical (unpaired) electrons. The third-order valence-corrected chi connectivity index (χ3v) is 4.53. The Balaban J connectivity index is 1.79. The van der Waals surface area contributed by atoms with Gasteiger partial charge < -0.3 is 21.8 Å². The van der Waals surface area contributed by atoms with Crippen LogP contribution in [-0.4, -0.2) is 34.3 Å². The van der Waals surface area contributed by atoms with Crippen molar-refractivity contribution in [2.45, 2.75) is 38.1 Å². The van der Waals surface area contributed by atoms with Crippen molar-refractivity contribution in [2.24, 2.45) is 10.8 Å². The van der Waals surface area contributed by atoms with Gasteiger partial charge in [-0.1, -0.05) is 30.4 Å². The van der Waals surface area contributed by atoms with Crippen molar-refractivity contribution >= 4 is 41.5 Å². The van der Waals surface area contributed by atoms with Gasteiger partial charge in [-0.05, 0) is 18.9 Å². The lowest BCUT2D eigenvalue weighted by Gasteiger charge is -2.23. The molecule has 28 heavy (non-hydrogen) atoms. The van der Waals surface area contributed by atoms with E-state index in [9.17, 15) is 4.79 Å². The fourth-order valence-corrected chi connectivity index (χ4v) is 3.16. The summed E-state index contributed by atoms with van der Waals surface area (Å²) >= 11 is 0. The third-order valence-electron chi connectivity index (χ3n) is 4.53. The topological polar surface area (TPSA) is 146 Å². The fraction of sp³-hybridized carbons (Fsp3) is 0.316. The lowest BCUT2D eigenvalue weighted by Crippen LogP contribution is -2.71. The van der Waals surface area contributed by atoms with E-state index in [-0.39, 0.29) is 5.56 Å². The zero-order valence-corrected chi connectivity index (χ0v) is 15.6. The lowest BCUT2D eigenvalue weighted by atomic mass is 9.96. The van der Waals surface area contributed by atoms with Gasteiger partial charge >= 0.3 is 0 Å². The molecule has 1 aliphatic carbocycles. The minimum atomic E-state index is -0.593. The van der Waals surface area contributed by atoms with E-state index in [1.165, 1.54) is 31.7 Å². The molecule has 0 atom stereocenters. The second kappa shape index (κ2) is 9.56. The van der Waals surface area contributed by atoms with E-state index in [4.69, 9.17) is 11.1 Å². The lowest BCUT2D eigenvalue weighted by molar-refractivity contribution is -0.576.